The summed E-state index contributed by atoms with van der Waals surface area (Å²) < 4.78 is 4.64. The third kappa shape index (κ3) is 3.70. The van der Waals surface area contributed by atoms with Crippen molar-refractivity contribution in [3.8, 4) is 10.6 Å². The molecule has 4 heteroatoms. The molecular weight excluding hydrogens is 344 g/mol. The van der Waals surface area contributed by atoms with Crippen LogP contribution < -0.4 is 4.72 Å². The Bertz CT molecular complexity index is 1000. The molecule has 25 heavy (non-hydrogen) atoms. The molecule has 1 heterocycles. The van der Waals surface area contributed by atoms with Crippen LogP contribution in [0, 0.1) is 13.8 Å². The number of thiazole rings is 1. The molecule has 2 nitrogen and oxygen atoms in total. The molecule has 0 atom stereocenters. The molecule has 0 radical (unpaired) electrons. The van der Waals surface area contributed by atoms with Gasteiger partial charge in [0.05, 0.1) is 10.2 Å². The van der Waals surface area contributed by atoms with Crippen LogP contribution in [-0.2, 0) is 0 Å². The number of fused-ring (bicyclic) bond motifs is 1. The van der Waals surface area contributed by atoms with E-state index < -0.39 is 0 Å². The van der Waals surface area contributed by atoms with Gasteiger partial charge in [-0.2, -0.15) is 0 Å². The largest absolute Gasteiger partial charge is 0.326 e. The molecule has 4 aromatic rings. The van der Waals surface area contributed by atoms with E-state index in [0.717, 1.165) is 21.8 Å². The average Bonchev–Trinajstić information content (AvgIpc) is 3.05. The molecule has 1 N–H and O–H groups in total. The third-order valence-corrected chi connectivity index (χ3v) is 5.90. The molecule has 0 fully saturated rings. The maximum Gasteiger partial charge on any atom is 0.124 e. The maximum atomic E-state index is 4.75. The van der Waals surface area contributed by atoms with Gasteiger partial charge in [0.2, 0.25) is 0 Å². The molecule has 0 aliphatic heterocycles. The summed E-state index contributed by atoms with van der Waals surface area (Å²) in [5.74, 6) is 0. The number of hydrogen-bond acceptors (Lipinski definition) is 4. The Morgan fingerprint density at radius 2 is 1.56 bits per heavy atom. The minimum absolute atomic E-state index is 1.07. The van der Waals surface area contributed by atoms with Gasteiger partial charge in [-0.25, -0.2) is 4.98 Å². The van der Waals surface area contributed by atoms with E-state index in [1.54, 1.807) is 23.3 Å². The van der Waals surface area contributed by atoms with Crippen LogP contribution in [-0.4, -0.2) is 4.98 Å². The summed E-state index contributed by atoms with van der Waals surface area (Å²) in [6.07, 6.45) is 0. The second-order valence-corrected chi connectivity index (χ2v) is 8.00. The van der Waals surface area contributed by atoms with E-state index >= 15 is 0 Å². The van der Waals surface area contributed by atoms with Gasteiger partial charge in [0, 0.05) is 16.1 Å². The quantitative estimate of drug-likeness (QED) is 0.409. The minimum Gasteiger partial charge on any atom is -0.326 e. The molecule has 0 saturated heterocycles. The highest BCUT2D eigenvalue weighted by molar-refractivity contribution is 8.00. The molecule has 124 valence electrons. The Balaban J connectivity index is 1.49. The van der Waals surface area contributed by atoms with Crippen molar-refractivity contribution in [2.45, 2.75) is 18.7 Å². The van der Waals surface area contributed by atoms with Crippen LogP contribution in [0.3, 0.4) is 0 Å². The summed E-state index contributed by atoms with van der Waals surface area (Å²) in [7, 11) is 0. The molecule has 0 saturated carbocycles. The van der Waals surface area contributed by atoms with E-state index in [1.165, 1.54) is 20.7 Å². The molecule has 0 aliphatic rings. The first-order valence-corrected chi connectivity index (χ1v) is 9.78. The fourth-order valence-corrected chi connectivity index (χ4v) is 4.27. The topological polar surface area (TPSA) is 24.9 Å². The lowest BCUT2D eigenvalue weighted by atomic mass is 10.2. The van der Waals surface area contributed by atoms with Crippen molar-refractivity contribution in [1.82, 2.24) is 4.98 Å². The van der Waals surface area contributed by atoms with Gasteiger partial charge in [-0.1, -0.05) is 23.8 Å². The van der Waals surface area contributed by atoms with Crippen LogP contribution in [0.2, 0.25) is 0 Å². The highest BCUT2D eigenvalue weighted by Gasteiger charge is 2.06. The van der Waals surface area contributed by atoms with Crippen molar-refractivity contribution in [2.75, 3.05) is 4.72 Å². The molecular formula is C21H18N2S2. The summed E-state index contributed by atoms with van der Waals surface area (Å²) in [6, 6.07) is 23.4. The van der Waals surface area contributed by atoms with Gasteiger partial charge in [0.25, 0.3) is 0 Å². The van der Waals surface area contributed by atoms with Gasteiger partial charge in [-0.3, -0.25) is 0 Å². The van der Waals surface area contributed by atoms with E-state index in [0.29, 0.717) is 0 Å². The third-order valence-electron chi connectivity index (χ3n) is 3.98. The van der Waals surface area contributed by atoms with Crippen molar-refractivity contribution < 1.29 is 0 Å². The molecule has 0 unspecified atom stereocenters. The zero-order chi connectivity index (χ0) is 17.2. The molecule has 1 aromatic heterocycles. The highest BCUT2D eigenvalue weighted by atomic mass is 32.2. The Labute approximate surface area is 156 Å². The number of hydrogen-bond donors (Lipinski definition) is 1. The van der Waals surface area contributed by atoms with Crippen LogP contribution >= 0.6 is 23.3 Å². The van der Waals surface area contributed by atoms with Gasteiger partial charge >= 0.3 is 0 Å². The number of aryl methyl sites for hydroxylation is 2. The van der Waals surface area contributed by atoms with Gasteiger partial charge < -0.3 is 4.72 Å². The molecule has 0 aliphatic carbocycles. The van der Waals surface area contributed by atoms with E-state index in [-0.39, 0.29) is 0 Å². The predicted octanol–water partition coefficient (Wildman–Crippen LogP) is 6.70. The van der Waals surface area contributed by atoms with Crippen LogP contribution in [0.4, 0.5) is 5.69 Å². The second-order valence-electron chi connectivity index (χ2n) is 6.08. The van der Waals surface area contributed by atoms with E-state index in [2.05, 4.69) is 85.3 Å². The van der Waals surface area contributed by atoms with E-state index in [4.69, 9.17) is 4.98 Å². The summed E-state index contributed by atoms with van der Waals surface area (Å²) in [4.78, 5) is 5.95. The van der Waals surface area contributed by atoms with Crippen molar-refractivity contribution in [3.05, 3.63) is 77.9 Å². The number of nitrogens with one attached hydrogen (secondary N) is 1. The molecule has 0 amide bonds. The second kappa shape index (κ2) is 6.90. The zero-order valence-electron chi connectivity index (χ0n) is 14.1. The molecule has 0 bridgehead atoms. The van der Waals surface area contributed by atoms with E-state index in [9.17, 15) is 0 Å². The average molecular weight is 363 g/mol. The maximum absolute atomic E-state index is 4.75. The van der Waals surface area contributed by atoms with Crippen LogP contribution in [0.15, 0.2) is 71.6 Å². The first-order valence-electron chi connectivity index (χ1n) is 8.14. The number of nitrogens with zero attached hydrogens (tertiary/aromatic N) is 1. The van der Waals surface area contributed by atoms with E-state index in [1.807, 2.05) is 0 Å². The Kier molecular flexibility index (Phi) is 4.47. The van der Waals surface area contributed by atoms with Crippen molar-refractivity contribution >= 4 is 39.2 Å². The first kappa shape index (κ1) is 16.2. The number of aromatic nitrogens is 1. The summed E-state index contributed by atoms with van der Waals surface area (Å²) >= 11 is 3.37. The fourth-order valence-electron chi connectivity index (χ4n) is 2.56. The number of benzene rings is 3. The molecule has 0 spiro atoms. The normalized spacial score (nSPS) is 11.0. The van der Waals surface area contributed by atoms with Crippen molar-refractivity contribution in [3.63, 3.8) is 0 Å². The standard InChI is InChI=1S/C21H18N2S2/c1-14-3-10-18(11-4-14)25-23-17-8-6-16(7-9-17)21-22-19-12-5-15(2)13-20(19)24-21/h3-13,23H,1-2H3. The van der Waals surface area contributed by atoms with Gasteiger partial charge in [0.1, 0.15) is 5.01 Å². The van der Waals surface area contributed by atoms with Crippen molar-refractivity contribution in [1.29, 1.82) is 0 Å². The monoisotopic (exact) mass is 362 g/mol. The van der Waals surface area contributed by atoms with Crippen LogP contribution in [0.5, 0.6) is 0 Å². The van der Waals surface area contributed by atoms with Gasteiger partial charge in [0.15, 0.2) is 0 Å². The summed E-state index contributed by atoms with van der Waals surface area (Å²) in [5.41, 5.74) is 5.87. The molecule has 4 rings (SSSR count). The Morgan fingerprint density at radius 1 is 0.840 bits per heavy atom. The predicted molar refractivity (Wildman–Crippen MR) is 110 cm³/mol. The summed E-state index contributed by atoms with van der Waals surface area (Å²) in [5, 5.41) is 1.07. The SMILES string of the molecule is Cc1ccc(SNc2ccc(-c3nc4ccc(C)cc4s3)cc2)cc1. The minimum atomic E-state index is 1.07. The Morgan fingerprint density at radius 3 is 2.32 bits per heavy atom. The smallest absolute Gasteiger partial charge is 0.124 e. The molecule has 3 aromatic carbocycles. The Hall–Kier alpha value is -2.30. The van der Waals surface area contributed by atoms with Crippen molar-refractivity contribution in [2.24, 2.45) is 0 Å². The van der Waals surface area contributed by atoms with Crippen LogP contribution in [0.25, 0.3) is 20.8 Å². The van der Waals surface area contributed by atoms with Gasteiger partial charge in [-0.15, -0.1) is 11.3 Å². The zero-order valence-corrected chi connectivity index (χ0v) is 15.7. The lowest BCUT2D eigenvalue weighted by Crippen LogP contribution is -1.86. The van der Waals surface area contributed by atoms with Crippen LogP contribution in [0.1, 0.15) is 11.1 Å². The first-order chi connectivity index (χ1) is 12.2. The lowest BCUT2D eigenvalue weighted by Gasteiger charge is -2.06. The number of rotatable bonds is 4. The highest BCUT2D eigenvalue weighted by Crippen LogP contribution is 2.32. The summed E-state index contributed by atoms with van der Waals surface area (Å²) in [6.45, 7) is 4.22. The fraction of sp³-hybridized carbons (Fsp3) is 0.0952. The number of anilines is 1. The van der Waals surface area contributed by atoms with Gasteiger partial charge in [-0.05, 0) is 79.9 Å². The lowest BCUT2D eigenvalue weighted by molar-refractivity contribution is 1.38.